The fraction of sp³-hybridized carbons (Fsp3) is 0.133. The first-order valence-electron chi connectivity index (χ1n) is 5.69. The third-order valence-corrected chi connectivity index (χ3v) is 3.38. The van der Waals surface area contributed by atoms with Crippen LogP contribution in [0, 0.1) is 0 Å². The highest BCUT2D eigenvalue weighted by atomic mass is 79.9. The first-order valence-corrected chi connectivity index (χ1v) is 6.48. The van der Waals surface area contributed by atoms with Gasteiger partial charge < -0.3 is 5.11 Å². The van der Waals surface area contributed by atoms with Crippen LogP contribution >= 0.6 is 15.9 Å². The molecule has 0 aromatic heterocycles. The fourth-order valence-corrected chi connectivity index (χ4v) is 2.25. The fourth-order valence-electron chi connectivity index (χ4n) is 1.98. The van der Waals surface area contributed by atoms with Crippen LogP contribution in [0.3, 0.4) is 0 Å². The highest BCUT2D eigenvalue weighted by Gasteiger charge is 2.17. The number of carboxylic acid groups (broad SMARTS) is 1. The van der Waals surface area contributed by atoms with E-state index in [1.807, 2.05) is 54.6 Å². The van der Waals surface area contributed by atoms with E-state index in [-0.39, 0.29) is 12.3 Å². The van der Waals surface area contributed by atoms with Gasteiger partial charge in [-0.05, 0) is 23.3 Å². The van der Waals surface area contributed by atoms with Crippen molar-refractivity contribution < 1.29 is 9.90 Å². The molecule has 18 heavy (non-hydrogen) atoms. The summed E-state index contributed by atoms with van der Waals surface area (Å²) in [6.07, 6.45) is 0.103. The molecule has 2 nitrogen and oxygen atoms in total. The highest BCUT2D eigenvalue weighted by Crippen LogP contribution is 2.28. The van der Waals surface area contributed by atoms with Crippen molar-refractivity contribution in [2.75, 3.05) is 0 Å². The van der Waals surface area contributed by atoms with Crippen LogP contribution in [0.5, 0.6) is 0 Å². The van der Waals surface area contributed by atoms with Crippen molar-refractivity contribution in [2.24, 2.45) is 0 Å². The van der Waals surface area contributed by atoms with Crippen LogP contribution in [0.15, 0.2) is 59.1 Å². The van der Waals surface area contributed by atoms with Gasteiger partial charge in [0.1, 0.15) is 0 Å². The summed E-state index contributed by atoms with van der Waals surface area (Å²) in [5, 5.41) is 9.05. The van der Waals surface area contributed by atoms with E-state index in [1.54, 1.807) is 0 Å². The predicted molar refractivity (Wildman–Crippen MR) is 74.7 cm³/mol. The molecule has 2 aromatic carbocycles. The van der Waals surface area contributed by atoms with Crippen molar-refractivity contribution in [1.82, 2.24) is 0 Å². The van der Waals surface area contributed by atoms with E-state index < -0.39 is 5.97 Å². The molecular formula is C15H13BrO2. The van der Waals surface area contributed by atoms with Gasteiger partial charge in [0.15, 0.2) is 0 Å². The second-order valence-electron chi connectivity index (χ2n) is 4.11. The van der Waals surface area contributed by atoms with Crippen molar-refractivity contribution in [3.8, 4) is 0 Å². The van der Waals surface area contributed by atoms with E-state index in [0.29, 0.717) is 0 Å². The Hall–Kier alpha value is -1.61. The number of rotatable bonds is 4. The average molecular weight is 305 g/mol. The number of hydrogen-bond acceptors (Lipinski definition) is 1. The minimum atomic E-state index is -0.785. The maximum Gasteiger partial charge on any atom is 0.304 e. The van der Waals surface area contributed by atoms with Crippen LogP contribution in [0.25, 0.3) is 0 Å². The molecule has 0 aliphatic heterocycles. The monoisotopic (exact) mass is 304 g/mol. The maximum absolute atomic E-state index is 11.0. The van der Waals surface area contributed by atoms with E-state index >= 15 is 0 Å². The van der Waals surface area contributed by atoms with Crippen molar-refractivity contribution >= 4 is 21.9 Å². The normalized spacial score (nSPS) is 12.1. The van der Waals surface area contributed by atoms with Gasteiger partial charge >= 0.3 is 5.97 Å². The van der Waals surface area contributed by atoms with Crippen molar-refractivity contribution in [1.29, 1.82) is 0 Å². The van der Waals surface area contributed by atoms with Gasteiger partial charge in [-0.1, -0.05) is 58.4 Å². The molecule has 0 unspecified atom stereocenters. The van der Waals surface area contributed by atoms with Gasteiger partial charge in [0, 0.05) is 10.4 Å². The Kier molecular flexibility index (Phi) is 4.15. The lowest BCUT2D eigenvalue weighted by molar-refractivity contribution is -0.137. The van der Waals surface area contributed by atoms with Gasteiger partial charge in [0.25, 0.3) is 0 Å². The number of hydrogen-bond donors (Lipinski definition) is 1. The molecule has 0 saturated carbocycles. The molecule has 0 heterocycles. The molecule has 0 aliphatic rings. The van der Waals surface area contributed by atoms with Crippen LogP contribution in [-0.2, 0) is 4.79 Å². The second kappa shape index (κ2) is 5.83. The van der Waals surface area contributed by atoms with E-state index in [0.717, 1.165) is 15.6 Å². The molecule has 1 N–H and O–H groups in total. The van der Waals surface area contributed by atoms with Crippen LogP contribution in [0.4, 0.5) is 0 Å². The molecule has 0 saturated heterocycles. The van der Waals surface area contributed by atoms with Crippen molar-refractivity contribution in [2.45, 2.75) is 12.3 Å². The molecule has 0 radical (unpaired) electrons. The lowest BCUT2D eigenvalue weighted by Gasteiger charge is -2.16. The van der Waals surface area contributed by atoms with E-state index in [9.17, 15) is 4.79 Å². The van der Waals surface area contributed by atoms with Gasteiger partial charge in [-0.15, -0.1) is 0 Å². The summed E-state index contributed by atoms with van der Waals surface area (Å²) in [4.78, 5) is 11.0. The zero-order valence-electron chi connectivity index (χ0n) is 9.71. The molecule has 92 valence electrons. The molecular weight excluding hydrogens is 292 g/mol. The maximum atomic E-state index is 11.0. The summed E-state index contributed by atoms with van der Waals surface area (Å²) in [7, 11) is 0. The summed E-state index contributed by atoms with van der Waals surface area (Å²) in [6.45, 7) is 0. The Labute approximate surface area is 114 Å². The molecule has 0 spiro atoms. The van der Waals surface area contributed by atoms with Gasteiger partial charge in [-0.25, -0.2) is 0 Å². The van der Waals surface area contributed by atoms with Gasteiger partial charge in [-0.2, -0.15) is 0 Å². The molecule has 0 amide bonds. The van der Waals surface area contributed by atoms with E-state index in [1.165, 1.54) is 0 Å². The van der Waals surface area contributed by atoms with Gasteiger partial charge in [0.05, 0.1) is 6.42 Å². The highest BCUT2D eigenvalue weighted by molar-refractivity contribution is 9.10. The third-order valence-electron chi connectivity index (χ3n) is 2.85. The summed E-state index contributed by atoms with van der Waals surface area (Å²) in [5.41, 5.74) is 2.05. The zero-order valence-corrected chi connectivity index (χ0v) is 11.3. The predicted octanol–water partition coefficient (Wildman–Crippen LogP) is 4.06. The number of halogens is 1. The quantitative estimate of drug-likeness (QED) is 0.925. The lowest BCUT2D eigenvalue weighted by atomic mass is 9.89. The lowest BCUT2D eigenvalue weighted by Crippen LogP contribution is -2.07. The molecule has 0 fully saturated rings. The molecule has 3 heteroatoms. The van der Waals surface area contributed by atoms with Crippen LogP contribution in [0.2, 0.25) is 0 Å². The van der Waals surface area contributed by atoms with Gasteiger partial charge in [-0.3, -0.25) is 4.79 Å². The number of benzene rings is 2. The minimum absolute atomic E-state index is 0.100. The van der Waals surface area contributed by atoms with Crippen LogP contribution < -0.4 is 0 Å². The average Bonchev–Trinajstić information content (AvgIpc) is 2.38. The minimum Gasteiger partial charge on any atom is -0.481 e. The Morgan fingerprint density at radius 1 is 1.00 bits per heavy atom. The SMILES string of the molecule is O=C(O)C[C@@H](c1ccccc1)c1ccc(Br)cc1. The van der Waals surface area contributed by atoms with Crippen LogP contribution in [-0.4, -0.2) is 11.1 Å². The van der Waals surface area contributed by atoms with E-state index in [4.69, 9.17) is 5.11 Å². The summed E-state index contributed by atoms with van der Waals surface area (Å²) in [6, 6.07) is 17.5. The zero-order chi connectivity index (χ0) is 13.0. The largest absolute Gasteiger partial charge is 0.481 e. The standard InChI is InChI=1S/C15H13BrO2/c16-13-8-6-12(7-9-13)14(10-15(17)18)11-4-2-1-3-5-11/h1-9,14H,10H2,(H,17,18)/t14-/m0/s1. The molecule has 0 bridgehead atoms. The summed E-state index contributed by atoms with van der Waals surface area (Å²) in [5.74, 6) is -0.886. The summed E-state index contributed by atoms with van der Waals surface area (Å²) < 4.78 is 0.994. The smallest absolute Gasteiger partial charge is 0.304 e. The van der Waals surface area contributed by atoms with Gasteiger partial charge in [0.2, 0.25) is 0 Å². The third kappa shape index (κ3) is 3.20. The first-order chi connectivity index (χ1) is 8.66. The topological polar surface area (TPSA) is 37.3 Å². The Morgan fingerprint density at radius 3 is 2.11 bits per heavy atom. The summed E-state index contributed by atoms with van der Waals surface area (Å²) >= 11 is 3.39. The second-order valence-corrected chi connectivity index (χ2v) is 5.03. The van der Waals surface area contributed by atoms with E-state index in [2.05, 4.69) is 15.9 Å². The molecule has 1 atom stereocenters. The molecule has 2 aromatic rings. The number of carboxylic acids is 1. The molecule has 2 rings (SSSR count). The number of carbonyl (C=O) groups is 1. The van der Waals surface area contributed by atoms with Crippen LogP contribution in [0.1, 0.15) is 23.5 Å². The number of aliphatic carboxylic acids is 1. The van der Waals surface area contributed by atoms with Crippen molar-refractivity contribution in [3.63, 3.8) is 0 Å². The Morgan fingerprint density at radius 2 is 1.56 bits per heavy atom. The Balaban J connectivity index is 2.36. The Bertz CT molecular complexity index is 520. The first kappa shape index (κ1) is 12.8. The van der Waals surface area contributed by atoms with Crippen molar-refractivity contribution in [3.05, 3.63) is 70.2 Å². The molecule has 0 aliphatic carbocycles.